The Balaban J connectivity index is 1.64. The van der Waals surface area contributed by atoms with Crippen LogP contribution < -0.4 is 4.72 Å². The number of hydrogen-bond donors (Lipinski definition) is 1. The fourth-order valence-corrected chi connectivity index (χ4v) is 3.99. The Labute approximate surface area is 119 Å². The molecule has 6 heteroatoms. The number of fused-ring (bicyclic) bond motifs is 1. The molecule has 1 aromatic rings. The van der Waals surface area contributed by atoms with Crippen molar-refractivity contribution < 1.29 is 8.42 Å². The highest BCUT2D eigenvalue weighted by Crippen LogP contribution is 2.22. The van der Waals surface area contributed by atoms with Crippen molar-refractivity contribution in [3.05, 3.63) is 29.8 Å². The van der Waals surface area contributed by atoms with Crippen LogP contribution in [0.15, 0.2) is 34.2 Å². The Morgan fingerprint density at radius 2 is 1.95 bits per heavy atom. The number of sulfonamides is 1. The SMILES string of the molecule is O=S1(=O)NC(=NCCCN2CCCC2)c2ccccc21. The second-order valence-corrected chi connectivity index (χ2v) is 6.89. The van der Waals surface area contributed by atoms with Gasteiger partial charge in [-0.05, 0) is 51.0 Å². The van der Waals surface area contributed by atoms with Gasteiger partial charge in [-0.15, -0.1) is 0 Å². The van der Waals surface area contributed by atoms with E-state index in [-0.39, 0.29) is 0 Å². The Morgan fingerprint density at radius 3 is 2.75 bits per heavy atom. The van der Waals surface area contributed by atoms with Gasteiger partial charge in [0, 0.05) is 12.1 Å². The van der Waals surface area contributed by atoms with Crippen LogP contribution in [0.4, 0.5) is 0 Å². The summed E-state index contributed by atoms with van der Waals surface area (Å²) in [5.41, 5.74) is 0.689. The molecule has 0 unspecified atom stereocenters. The Kier molecular flexibility index (Phi) is 3.76. The standard InChI is InChI=1S/C14H19N3O2S/c18-20(19)13-7-2-1-6-12(13)14(16-20)15-8-5-11-17-9-3-4-10-17/h1-2,6-7H,3-5,8-11H2,(H,15,16). The van der Waals surface area contributed by atoms with Crippen molar-refractivity contribution in [3.63, 3.8) is 0 Å². The van der Waals surface area contributed by atoms with Crippen molar-refractivity contribution in [2.24, 2.45) is 4.99 Å². The van der Waals surface area contributed by atoms with Crippen molar-refractivity contribution in [3.8, 4) is 0 Å². The van der Waals surface area contributed by atoms with Crippen LogP contribution >= 0.6 is 0 Å². The zero-order valence-electron chi connectivity index (χ0n) is 11.4. The van der Waals surface area contributed by atoms with Gasteiger partial charge in [0.2, 0.25) is 0 Å². The molecule has 2 aliphatic rings. The highest BCUT2D eigenvalue weighted by atomic mass is 32.2. The molecule has 0 aromatic heterocycles. The van der Waals surface area contributed by atoms with E-state index in [4.69, 9.17) is 0 Å². The highest BCUT2D eigenvalue weighted by Gasteiger charge is 2.29. The molecule has 20 heavy (non-hydrogen) atoms. The fraction of sp³-hybridized carbons (Fsp3) is 0.500. The minimum atomic E-state index is -3.40. The maximum atomic E-state index is 11.9. The third-order valence-electron chi connectivity index (χ3n) is 3.76. The number of amidine groups is 1. The van der Waals surface area contributed by atoms with Crippen LogP contribution in [0.3, 0.4) is 0 Å². The summed E-state index contributed by atoms with van der Waals surface area (Å²) in [5.74, 6) is 0.488. The van der Waals surface area contributed by atoms with Crippen molar-refractivity contribution in [1.29, 1.82) is 0 Å². The minimum absolute atomic E-state index is 0.332. The van der Waals surface area contributed by atoms with E-state index in [9.17, 15) is 8.42 Å². The average molecular weight is 293 g/mol. The first-order valence-electron chi connectivity index (χ1n) is 7.06. The first kappa shape index (κ1) is 13.6. The summed E-state index contributed by atoms with van der Waals surface area (Å²) < 4.78 is 26.3. The van der Waals surface area contributed by atoms with E-state index in [1.54, 1.807) is 18.2 Å². The monoisotopic (exact) mass is 293 g/mol. The lowest BCUT2D eigenvalue weighted by Crippen LogP contribution is -2.23. The molecule has 0 saturated carbocycles. The molecular weight excluding hydrogens is 274 g/mol. The molecule has 2 aliphatic heterocycles. The normalized spacial score (nSPS) is 22.9. The van der Waals surface area contributed by atoms with Crippen LogP contribution in [0.25, 0.3) is 0 Å². The lowest BCUT2D eigenvalue weighted by molar-refractivity contribution is 0.336. The van der Waals surface area contributed by atoms with Gasteiger partial charge in [0.1, 0.15) is 5.84 Å². The zero-order valence-corrected chi connectivity index (χ0v) is 12.2. The molecule has 3 rings (SSSR count). The van der Waals surface area contributed by atoms with Crippen LogP contribution in [-0.2, 0) is 10.0 Å². The predicted molar refractivity (Wildman–Crippen MR) is 78.5 cm³/mol. The summed E-state index contributed by atoms with van der Waals surface area (Å²) >= 11 is 0. The number of benzene rings is 1. The molecule has 0 bridgehead atoms. The predicted octanol–water partition coefficient (Wildman–Crippen LogP) is 1.21. The van der Waals surface area contributed by atoms with Crippen LogP contribution in [0.5, 0.6) is 0 Å². The smallest absolute Gasteiger partial charge is 0.263 e. The summed E-state index contributed by atoms with van der Waals surface area (Å²) in [6.45, 7) is 4.08. The van der Waals surface area contributed by atoms with Crippen LogP contribution in [-0.4, -0.2) is 45.3 Å². The van der Waals surface area contributed by atoms with Gasteiger partial charge in [0.15, 0.2) is 0 Å². The van der Waals surface area contributed by atoms with Crippen LogP contribution in [0.2, 0.25) is 0 Å². The first-order valence-corrected chi connectivity index (χ1v) is 8.54. The van der Waals surface area contributed by atoms with E-state index in [0.29, 0.717) is 22.8 Å². The van der Waals surface area contributed by atoms with Gasteiger partial charge in [-0.3, -0.25) is 9.71 Å². The molecule has 2 heterocycles. The molecule has 0 amide bonds. The molecule has 1 N–H and O–H groups in total. The average Bonchev–Trinajstić information content (AvgIpc) is 3.03. The topological polar surface area (TPSA) is 61.8 Å². The van der Waals surface area contributed by atoms with E-state index in [2.05, 4.69) is 14.6 Å². The highest BCUT2D eigenvalue weighted by molar-refractivity contribution is 7.90. The third kappa shape index (κ3) is 2.71. The maximum absolute atomic E-state index is 11.9. The number of nitrogens with zero attached hydrogens (tertiary/aromatic N) is 2. The van der Waals surface area contributed by atoms with E-state index in [1.807, 2.05) is 6.07 Å². The number of rotatable bonds is 4. The van der Waals surface area contributed by atoms with Gasteiger partial charge < -0.3 is 4.90 Å². The van der Waals surface area contributed by atoms with E-state index >= 15 is 0 Å². The molecular formula is C14H19N3O2S. The van der Waals surface area contributed by atoms with Crippen molar-refractivity contribution in [2.75, 3.05) is 26.2 Å². The third-order valence-corrected chi connectivity index (χ3v) is 5.16. The van der Waals surface area contributed by atoms with E-state index in [0.717, 1.165) is 13.0 Å². The number of nitrogens with one attached hydrogen (secondary N) is 1. The Hall–Kier alpha value is -1.40. The molecule has 0 aliphatic carbocycles. The molecule has 0 atom stereocenters. The van der Waals surface area contributed by atoms with Gasteiger partial charge in [0.05, 0.1) is 4.90 Å². The molecule has 1 fully saturated rings. The quantitative estimate of drug-likeness (QED) is 0.849. The largest absolute Gasteiger partial charge is 0.303 e. The van der Waals surface area contributed by atoms with Gasteiger partial charge in [0.25, 0.3) is 10.0 Å². The molecule has 0 radical (unpaired) electrons. The summed E-state index contributed by atoms with van der Waals surface area (Å²) in [6, 6.07) is 6.98. The van der Waals surface area contributed by atoms with Crippen molar-refractivity contribution in [2.45, 2.75) is 24.2 Å². The molecule has 1 aromatic carbocycles. The number of aliphatic imine (C=N–C) groups is 1. The molecule has 5 nitrogen and oxygen atoms in total. The Bertz CT molecular complexity index is 619. The van der Waals surface area contributed by atoms with Gasteiger partial charge >= 0.3 is 0 Å². The van der Waals surface area contributed by atoms with Crippen LogP contribution in [0, 0.1) is 0 Å². The molecule has 1 saturated heterocycles. The second kappa shape index (κ2) is 5.54. The molecule has 0 spiro atoms. The summed E-state index contributed by atoms with van der Waals surface area (Å²) in [4.78, 5) is 7.19. The zero-order chi connectivity index (χ0) is 14.0. The minimum Gasteiger partial charge on any atom is -0.303 e. The summed E-state index contributed by atoms with van der Waals surface area (Å²) in [6.07, 6.45) is 3.55. The van der Waals surface area contributed by atoms with Gasteiger partial charge in [-0.25, -0.2) is 8.42 Å². The lowest BCUT2D eigenvalue weighted by atomic mass is 10.2. The van der Waals surface area contributed by atoms with E-state index in [1.165, 1.54) is 25.9 Å². The second-order valence-electron chi connectivity index (χ2n) is 5.23. The fourth-order valence-electron chi connectivity index (χ4n) is 2.74. The summed E-state index contributed by atoms with van der Waals surface area (Å²) in [5, 5.41) is 0. The van der Waals surface area contributed by atoms with Gasteiger partial charge in [-0.2, -0.15) is 0 Å². The Morgan fingerprint density at radius 1 is 1.20 bits per heavy atom. The summed E-state index contributed by atoms with van der Waals surface area (Å²) in [7, 11) is -3.40. The van der Waals surface area contributed by atoms with E-state index < -0.39 is 10.0 Å². The number of likely N-dealkylation sites (tertiary alicyclic amines) is 1. The molecule has 108 valence electrons. The number of hydrogen-bond acceptors (Lipinski definition) is 4. The maximum Gasteiger partial charge on any atom is 0.263 e. The van der Waals surface area contributed by atoms with Gasteiger partial charge in [-0.1, -0.05) is 12.1 Å². The lowest BCUT2D eigenvalue weighted by Gasteiger charge is -2.12. The first-order chi connectivity index (χ1) is 9.67. The van der Waals surface area contributed by atoms with Crippen molar-refractivity contribution >= 4 is 15.9 Å². The van der Waals surface area contributed by atoms with Crippen LogP contribution in [0.1, 0.15) is 24.8 Å². The van der Waals surface area contributed by atoms with Crippen molar-refractivity contribution in [1.82, 2.24) is 9.62 Å².